The fraction of sp³-hybridized carbons (Fsp3) is 0.500. The average Bonchev–Trinajstić information content (AvgIpc) is 2.61. The summed E-state index contributed by atoms with van der Waals surface area (Å²) in [6.45, 7) is 1.48. The molecule has 0 aromatic carbocycles. The smallest absolute Gasteiger partial charge is 0.261 e. The molecule has 2 heterocycles. The van der Waals surface area contributed by atoms with Crippen molar-refractivity contribution in [2.75, 3.05) is 13.2 Å². The molecule has 3 nitrogen and oxygen atoms in total. The van der Waals surface area contributed by atoms with Gasteiger partial charge in [0.2, 0.25) is 0 Å². The van der Waals surface area contributed by atoms with Crippen LogP contribution in [0.3, 0.4) is 0 Å². The topological polar surface area (TPSA) is 38.3 Å². The maximum absolute atomic E-state index is 11.9. The van der Waals surface area contributed by atoms with Gasteiger partial charge in [0.05, 0.1) is 8.66 Å². The Balaban J connectivity index is 1.96. The first kappa shape index (κ1) is 12.5. The van der Waals surface area contributed by atoms with E-state index in [0.29, 0.717) is 0 Å². The summed E-state index contributed by atoms with van der Waals surface area (Å²) in [5, 5.41) is 3.03. The highest BCUT2D eigenvalue weighted by Crippen LogP contribution is 2.32. The highest BCUT2D eigenvalue weighted by molar-refractivity contribution is 9.13. The summed E-state index contributed by atoms with van der Waals surface area (Å²) in [5.74, 6) is 0.00306. The van der Waals surface area contributed by atoms with Gasteiger partial charge in [-0.3, -0.25) is 4.79 Å². The summed E-state index contributed by atoms with van der Waals surface area (Å²) < 4.78 is 7.12. The minimum atomic E-state index is 0.00306. The molecule has 0 radical (unpaired) electrons. The van der Waals surface area contributed by atoms with Crippen LogP contribution < -0.4 is 5.32 Å². The minimum Gasteiger partial charge on any atom is -0.381 e. The number of thiophene rings is 1. The van der Waals surface area contributed by atoms with Crippen molar-refractivity contribution >= 4 is 49.1 Å². The molecule has 1 fully saturated rings. The first-order chi connectivity index (χ1) is 7.66. The molecule has 88 valence electrons. The summed E-state index contributed by atoms with van der Waals surface area (Å²) in [6.07, 6.45) is 1.80. The summed E-state index contributed by atoms with van der Waals surface area (Å²) in [6, 6.07) is 2.09. The highest BCUT2D eigenvalue weighted by atomic mass is 79.9. The lowest BCUT2D eigenvalue weighted by atomic mass is 10.1. The number of halogens is 2. The Labute approximate surface area is 115 Å². The van der Waals surface area contributed by atoms with Gasteiger partial charge in [-0.05, 0) is 50.8 Å². The lowest BCUT2D eigenvalue weighted by Crippen LogP contribution is -2.38. The van der Waals surface area contributed by atoms with E-state index in [4.69, 9.17) is 4.74 Å². The maximum atomic E-state index is 11.9. The number of carbonyl (C=O) groups is 1. The summed E-state index contributed by atoms with van der Waals surface area (Å²) >= 11 is 8.19. The van der Waals surface area contributed by atoms with Crippen LogP contribution in [0.5, 0.6) is 0 Å². The van der Waals surface area contributed by atoms with Gasteiger partial charge in [0, 0.05) is 23.7 Å². The Kier molecular flexibility index (Phi) is 4.41. The number of carbonyl (C=O) groups excluding carboxylic acids is 1. The zero-order valence-corrected chi connectivity index (χ0v) is 12.5. The molecule has 0 aliphatic carbocycles. The van der Waals surface area contributed by atoms with Gasteiger partial charge in [-0.2, -0.15) is 0 Å². The molecule has 0 bridgehead atoms. The van der Waals surface area contributed by atoms with Gasteiger partial charge in [0.25, 0.3) is 5.91 Å². The van der Waals surface area contributed by atoms with Crippen LogP contribution >= 0.6 is 43.2 Å². The number of hydrogen-bond acceptors (Lipinski definition) is 3. The third-order valence-electron chi connectivity index (χ3n) is 2.43. The molecule has 1 amide bonds. The molecule has 0 saturated carbocycles. The summed E-state index contributed by atoms with van der Waals surface area (Å²) in [5.41, 5.74) is 0. The van der Waals surface area contributed by atoms with Gasteiger partial charge in [-0.1, -0.05) is 0 Å². The Morgan fingerprint density at radius 3 is 2.69 bits per heavy atom. The second kappa shape index (κ2) is 5.62. The van der Waals surface area contributed by atoms with Gasteiger partial charge in [0.1, 0.15) is 0 Å². The van der Waals surface area contributed by atoms with E-state index >= 15 is 0 Å². The zero-order valence-electron chi connectivity index (χ0n) is 8.46. The number of rotatable bonds is 2. The number of amides is 1. The standard InChI is InChI=1S/C10H11Br2NO2S/c11-7-5-8(16-9(7)12)10(14)13-6-1-3-15-4-2-6/h5-6H,1-4H2,(H,13,14). The molecule has 1 aliphatic rings. The van der Waals surface area contributed by atoms with Crippen molar-refractivity contribution in [2.24, 2.45) is 0 Å². The Morgan fingerprint density at radius 1 is 1.44 bits per heavy atom. The lowest BCUT2D eigenvalue weighted by Gasteiger charge is -2.22. The van der Waals surface area contributed by atoms with E-state index in [9.17, 15) is 4.79 Å². The molecular weight excluding hydrogens is 358 g/mol. The van der Waals surface area contributed by atoms with E-state index in [1.54, 1.807) is 0 Å². The van der Waals surface area contributed by atoms with Crippen LogP contribution in [0.15, 0.2) is 14.3 Å². The van der Waals surface area contributed by atoms with Crippen molar-refractivity contribution in [1.82, 2.24) is 5.32 Å². The minimum absolute atomic E-state index is 0.00306. The first-order valence-corrected chi connectivity index (χ1v) is 7.40. The Bertz CT molecular complexity index is 369. The van der Waals surface area contributed by atoms with E-state index in [2.05, 4.69) is 37.2 Å². The Hall–Kier alpha value is 0.0900. The van der Waals surface area contributed by atoms with Gasteiger partial charge in [0.15, 0.2) is 0 Å². The zero-order chi connectivity index (χ0) is 11.5. The number of hydrogen-bond donors (Lipinski definition) is 1. The molecule has 1 N–H and O–H groups in total. The molecule has 0 atom stereocenters. The van der Waals surface area contributed by atoms with Crippen LogP contribution in [0.2, 0.25) is 0 Å². The van der Waals surface area contributed by atoms with Crippen molar-refractivity contribution in [2.45, 2.75) is 18.9 Å². The second-order valence-electron chi connectivity index (χ2n) is 3.59. The van der Waals surface area contributed by atoms with Crippen LogP contribution in [0.25, 0.3) is 0 Å². The quantitative estimate of drug-likeness (QED) is 0.870. The van der Waals surface area contributed by atoms with E-state index in [-0.39, 0.29) is 11.9 Å². The highest BCUT2D eigenvalue weighted by Gasteiger charge is 2.18. The fourth-order valence-electron chi connectivity index (χ4n) is 1.56. The molecule has 1 aliphatic heterocycles. The maximum Gasteiger partial charge on any atom is 0.261 e. The van der Waals surface area contributed by atoms with Gasteiger partial charge < -0.3 is 10.1 Å². The third-order valence-corrected chi connectivity index (χ3v) is 5.68. The molecular formula is C10H11Br2NO2S. The van der Waals surface area contributed by atoms with Gasteiger partial charge in [-0.15, -0.1) is 11.3 Å². The normalized spacial score (nSPS) is 17.4. The van der Waals surface area contributed by atoms with Crippen LogP contribution in [-0.4, -0.2) is 25.2 Å². The SMILES string of the molecule is O=C(NC1CCOCC1)c1cc(Br)c(Br)s1. The van der Waals surface area contributed by atoms with Crippen LogP contribution in [0.1, 0.15) is 22.5 Å². The Morgan fingerprint density at radius 2 is 2.12 bits per heavy atom. The van der Waals surface area contributed by atoms with Crippen molar-refractivity contribution in [3.63, 3.8) is 0 Å². The molecule has 0 spiro atoms. The average molecular weight is 369 g/mol. The molecule has 1 saturated heterocycles. The van der Waals surface area contributed by atoms with E-state index < -0.39 is 0 Å². The number of ether oxygens (including phenoxy) is 1. The molecule has 2 rings (SSSR count). The first-order valence-electron chi connectivity index (χ1n) is 5.00. The second-order valence-corrected chi connectivity index (χ2v) is 6.82. The molecule has 1 aromatic heterocycles. The largest absolute Gasteiger partial charge is 0.381 e. The summed E-state index contributed by atoms with van der Waals surface area (Å²) in [4.78, 5) is 12.6. The summed E-state index contributed by atoms with van der Waals surface area (Å²) in [7, 11) is 0. The number of nitrogens with one attached hydrogen (secondary N) is 1. The van der Waals surface area contributed by atoms with E-state index in [1.165, 1.54) is 11.3 Å². The van der Waals surface area contributed by atoms with Crippen LogP contribution in [0.4, 0.5) is 0 Å². The fourth-order valence-corrected chi connectivity index (χ4v) is 3.50. The third kappa shape index (κ3) is 3.06. The van der Waals surface area contributed by atoms with Gasteiger partial charge in [-0.25, -0.2) is 0 Å². The monoisotopic (exact) mass is 367 g/mol. The van der Waals surface area contributed by atoms with Crippen molar-refractivity contribution in [1.29, 1.82) is 0 Å². The van der Waals surface area contributed by atoms with Crippen molar-refractivity contribution in [3.8, 4) is 0 Å². The molecule has 16 heavy (non-hydrogen) atoms. The van der Waals surface area contributed by atoms with E-state index in [0.717, 1.165) is 39.2 Å². The van der Waals surface area contributed by atoms with E-state index in [1.807, 2.05) is 6.07 Å². The molecule has 1 aromatic rings. The lowest BCUT2D eigenvalue weighted by molar-refractivity contribution is 0.0698. The van der Waals surface area contributed by atoms with Gasteiger partial charge >= 0.3 is 0 Å². The molecule has 6 heteroatoms. The predicted octanol–water partition coefficient (Wildman–Crippen LogP) is 3.18. The molecule has 0 unspecified atom stereocenters. The van der Waals surface area contributed by atoms with Crippen LogP contribution in [-0.2, 0) is 4.74 Å². The van der Waals surface area contributed by atoms with Crippen molar-refractivity contribution in [3.05, 3.63) is 19.2 Å². The van der Waals surface area contributed by atoms with Crippen molar-refractivity contribution < 1.29 is 9.53 Å². The van der Waals surface area contributed by atoms with Crippen LogP contribution in [0, 0.1) is 0 Å². The predicted molar refractivity (Wildman–Crippen MR) is 71.0 cm³/mol.